The molecule has 7 nitrogen and oxygen atoms in total. The predicted molar refractivity (Wildman–Crippen MR) is 141 cm³/mol. The molecule has 0 fully saturated rings. The molecule has 5 rings (SSSR count). The second-order valence-electron chi connectivity index (χ2n) is 8.70. The van der Waals surface area contributed by atoms with Gasteiger partial charge in [-0.2, -0.15) is 0 Å². The molecule has 2 heterocycles. The third-order valence-electron chi connectivity index (χ3n) is 6.40. The fourth-order valence-corrected chi connectivity index (χ4v) is 4.48. The highest BCUT2D eigenvalue weighted by Crippen LogP contribution is 2.30. The van der Waals surface area contributed by atoms with Crippen LogP contribution in [0.15, 0.2) is 72.9 Å². The maximum Gasteiger partial charge on any atom is 0.252 e. The minimum Gasteiger partial charge on any atom is -0.497 e. The van der Waals surface area contributed by atoms with Gasteiger partial charge in [-0.05, 0) is 60.5 Å². The monoisotopic (exact) mass is 499 g/mol. The number of H-pyrrole nitrogens is 1. The number of benzene rings is 3. The van der Waals surface area contributed by atoms with Crippen molar-refractivity contribution in [2.45, 2.75) is 12.5 Å². The number of nitrogens with one attached hydrogen (secondary N) is 2. The van der Waals surface area contributed by atoms with Gasteiger partial charge in [-0.25, -0.2) is 9.37 Å². The van der Waals surface area contributed by atoms with Crippen LogP contribution in [-0.2, 0) is 6.42 Å². The number of ether oxygens (including phenoxy) is 2. The van der Waals surface area contributed by atoms with Crippen LogP contribution in [0.4, 0.5) is 4.39 Å². The molecule has 1 atom stereocenters. The Bertz CT molecular complexity index is 1600. The molecule has 1 amide bonds. The van der Waals surface area contributed by atoms with E-state index >= 15 is 0 Å². The fourth-order valence-electron chi connectivity index (χ4n) is 4.48. The number of carbonyl (C=O) groups is 1. The number of aliphatic hydroxyl groups is 1. The lowest BCUT2D eigenvalue weighted by Crippen LogP contribution is -2.39. The van der Waals surface area contributed by atoms with Crippen molar-refractivity contribution in [2.75, 3.05) is 20.8 Å². The zero-order valence-electron chi connectivity index (χ0n) is 20.4. The average molecular weight is 500 g/mol. The summed E-state index contributed by atoms with van der Waals surface area (Å²) >= 11 is 0. The Morgan fingerprint density at radius 3 is 2.65 bits per heavy atom. The molecule has 0 aliphatic carbocycles. The number of hydrogen-bond donors (Lipinski definition) is 3. The third kappa shape index (κ3) is 4.83. The molecule has 0 saturated heterocycles. The summed E-state index contributed by atoms with van der Waals surface area (Å²) in [5, 5.41) is 14.7. The molecule has 5 aromatic rings. The fraction of sp³-hybridized carbons (Fsp3) is 0.172. The van der Waals surface area contributed by atoms with Crippen LogP contribution in [0, 0.1) is 5.82 Å². The number of aliphatic hydroxyl groups excluding tert-OH is 1. The summed E-state index contributed by atoms with van der Waals surface area (Å²) in [6, 6.07) is 18.8. The van der Waals surface area contributed by atoms with Crippen LogP contribution in [0.3, 0.4) is 0 Å². The van der Waals surface area contributed by atoms with Gasteiger partial charge in [0.15, 0.2) is 11.6 Å². The summed E-state index contributed by atoms with van der Waals surface area (Å²) in [6.45, 7) is -0.242. The maximum atomic E-state index is 14.4. The number of rotatable bonds is 8. The molecule has 0 spiro atoms. The topological polar surface area (TPSA) is 96.5 Å². The second-order valence-corrected chi connectivity index (χ2v) is 8.70. The van der Waals surface area contributed by atoms with Gasteiger partial charge < -0.3 is 24.9 Å². The number of fused-ring (bicyclic) bond motifs is 2. The quantitative estimate of drug-likeness (QED) is 0.283. The van der Waals surface area contributed by atoms with Gasteiger partial charge in [0.1, 0.15) is 5.75 Å². The number of halogens is 1. The Morgan fingerprint density at radius 1 is 1.05 bits per heavy atom. The van der Waals surface area contributed by atoms with E-state index in [1.54, 1.807) is 37.4 Å². The summed E-state index contributed by atoms with van der Waals surface area (Å²) < 4.78 is 24.8. The summed E-state index contributed by atoms with van der Waals surface area (Å²) in [7, 11) is 2.95. The average Bonchev–Trinajstić information content (AvgIpc) is 3.34. The summed E-state index contributed by atoms with van der Waals surface area (Å²) in [5.41, 5.74) is 3.81. The Labute approximate surface area is 212 Å². The van der Waals surface area contributed by atoms with Crippen molar-refractivity contribution in [3.05, 3.63) is 89.9 Å². The van der Waals surface area contributed by atoms with E-state index in [0.717, 1.165) is 16.5 Å². The number of methoxy groups -OCH3 is 2. The number of nitrogens with zero attached hydrogens (tertiary/aromatic N) is 1. The first kappa shape index (κ1) is 24.3. The van der Waals surface area contributed by atoms with Gasteiger partial charge >= 0.3 is 0 Å². The molecule has 0 aliphatic rings. The van der Waals surface area contributed by atoms with E-state index in [9.17, 15) is 14.3 Å². The Balaban J connectivity index is 1.51. The molecule has 0 unspecified atom stereocenters. The molecule has 0 bridgehead atoms. The van der Waals surface area contributed by atoms with Gasteiger partial charge in [-0.1, -0.05) is 18.2 Å². The van der Waals surface area contributed by atoms with Crippen LogP contribution in [0.1, 0.15) is 15.9 Å². The number of carbonyl (C=O) groups excluding carboxylic acids is 1. The number of aromatic nitrogens is 2. The van der Waals surface area contributed by atoms with E-state index in [0.29, 0.717) is 39.9 Å². The van der Waals surface area contributed by atoms with Crippen molar-refractivity contribution < 1.29 is 23.8 Å². The van der Waals surface area contributed by atoms with Gasteiger partial charge in [0.05, 0.1) is 43.6 Å². The van der Waals surface area contributed by atoms with Crippen LogP contribution < -0.4 is 14.8 Å². The zero-order valence-corrected chi connectivity index (χ0v) is 20.4. The van der Waals surface area contributed by atoms with Crippen LogP contribution in [0.2, 0.25) is 0 Å². The Hall–Kier alpha value is -4.43. The normalized spacial score (nSPS) is 12.0. The SMILES string of the molecule is COc1ccc2nc(-c3ccc(OC)c(F)c3)cc(C(=O)N[C@@H](CO)Cc3c[nH]c4ccccc34)c2c1. The number of pyridine rings is 1. The van der Waals surface area contributed by atoms with Crippen molar-refractivity contribution in [3.8, 4) is 22.8 Å². The van der Waals surface area contributed by atoms with Gasteiger partial charge in [0.2, 0.25) is 0 Å². The van der Waals surface area contributed by atoms with E-state index in [1.807, 2.05) is 30.5 Å². The lowest BCUT2D eigenvalue weighted by Gasteiger charge is -2.18. The number of para-hydroxylation sites is 1. The molecule has 3 aromatic carbocycles. The van der Waals surface area contributed by atoms with Crippen LogP contribution >= 0.6 is 0 Å². The van der Waals surface area contributed by atoms with E-state index in [-0.39, 0.29) is 18.3 Å². The lowest BCUT2D eigenvalue weighted by atomic mass is 10.0. The number of aromatic amines is 1. The number of amides is 1. The highest BCUT2D eigenvalue weighted by molar-refractivity contribution is 6.07. The van der Waals surface area contributed by atoms with Crippen molar-refractivity contribution in [3.63, 3.8) is 0 Å². The van der Waals surface area contributed by atoms with Crippen LogP contribution in [-0.4, -0.2) is 47.8 Å². The Morgan fingerprint density at radius 2 is 1.89 bits per heavy atom. The molecule has 8 heteroatoms. The Kier molecular flexibility index (Phi) is 6.74. The van der Waals surface area contributed by atoms with Crippen LogP contribution in [0.5, 0.6) is 11.5 Å². The summed E-state index contributed by atoms with van der Waals surface area (Å²) in [4.78, 5) is 21.5. The van der Waals surface area contributed by atoms with Gasteiger partial charge in [0, 0.05) is 28.0 Å². The molecule has 3 N–H and O–H groups in total. The van der Waals surface area contributed by atoms with Crippen LogP contribution in [0.25, 0.3) is 33.1 Å². The van der Waals surface area contributed by atoms with E-state index in [4.69, 9.17) is 9.47 Å². The molecule has 2 aromatic heterocycles. The van der Waals surface area contributed by atoms with E-state index in [2.05, 4.69) is 15.3 Å². The molecule has 188 valence electrons. The van der Waals surface area contributed by atoms with Crippen molar-refractivity contribution in [2.24, 2.45) is 0 Å². The van der Waals surface area contributed by atoms with Gasteiger partial charge in [0.25, 0.3) is 5.91 Å². The van der Waals surface area contributed by atoms with Gasteiger partial charge in [-0.3, -0.25) is 4.79 Å². The molecule has 0 radical (unpaired) electrons. The van der Waals surface area contributed by atoms with E-state index in [1.165, 1.54) is 19.2 Å². The lowest BCUT2D eigenvalue weighted by molar-refractivity contribution is 0.0918. The second kappa shape index (κ2) is 10.3. The zero-order chi connectivity index (χ0) is 25.9. The standard InChI is InChI=1S/C29H26FN3O4/c1-36-20-8-9-26-22(13-20)23(14-27(33-26)17-7-10-28(37-2)24(30)12-17)29(35)32-19(16-34)11-18-15-31-25-6-4-3-5-21(18)25/h3-10,12-15,19,31,34H,11,16H2,1-2H3,(H,32,35)/t19-/m1/s1. The summed E-state index contributed by atoms with van der Waals surface area (Å²) in [6.07, 6.45) is 2.33. The predicted octanol–water partition coefficient (Wildman–Crippen LogP) is 4.87. The minimum atomic E-state index is -0.526. The molecular weight excluding hydrogens is 473 g/mol. The molecular formula is C29H26FN3O4. The largest absolute Gasteiger partial charge is 0.497 e. The third-order valence-corrected chi connectivity index (χ3v) is 6.40. The number of hydrogen-bond acceptors (Lipinski definition) is 5. The van der Waals surface area contributed by atoms with Crippen molar-refractivity contribution >= 4 is 27.7 Å². The van der Waals surface area contributed by atoms with Gasteiger partial charge in [-0.15, -0.1) is 0 Å². The molecule has 0 saturated carbocycles. The first-order valence-electron chi connectivity index (χ1n) is 11.8. The minimum absolute atomic E-state index is 0.121. The molecule has 0 aliphatic heterocycles. The maximum absolute atomic E-state index is 14.4. The smallest absolute Gasteiger partial charge is 0.252 e. The highest BCUT2D eigenvalue weighted by Gasteiger charge is 2.20. The highest BCUT2D eigenvalue weighted by atomic mass is 19.1. The first-order chi connectivity index (χ1) is 18.0. The van der Waals surface area contributed by atoms with Crippen molar-refractivity contribution in [1.82, 2.24) is 15.3 Å². The van der Waals surface area contributed by atoms with E-state index < -0.39 is 11.9 Å². The molecule has 37 heavy (non-hydrogen) atoms. The summed E-state index contributed by atoms with van der Waals surface area (Å²) in [5.74, 6) is -0.212. The van der Waals surface area contributed by atoms with Crippen molar-refractivity contribution in [1.29, 1.82) is 0 Å². The first-order valence-corrected chi connectivity index (χ1v) is 11.8.